The zero-order chi connectivity index (χ0) is 12.5. The molecule has 0 amide bonds. The first-order valence-corrected chi connectivity index (χ1v) is 7.53. The Bertz CT molecular complexity index is 270. The van der Waals surface area contributed by atoms with Crippen molar-refractivity contribution in [1.82, 2.24) is 5.32 Å². The summed E-state index contributed by atoms with van der Waals surface area (Å²) in [5, 5.41) is 8.00. The van der Waals surface area contributed by atoms with Crippen LogP contribution in [0, 0.1) is 0 Å². The van der Waals surface area contributed by atoms with Crippen LogP contribution in [-0.2, 0) is 11.2 Å². The van der Waals surface area contributed by atoms with Crippen LogP contribution in [0.1, 0.15) is 38.7 Å². The van der Waals surface area contributed by atoms with Gasteiger partial charge < -0.3 is 10.1 Å². The number of hydrogen-bond acceptors (Lipinski definition) is 3. The van der Waals surface area contributed by atoms with Crippen molar-refractivity contribution in [2.45, 2.75) is 51.7 Å². The van der Waals surface area contributed by atoms with Crippen LogP contribution in [0.25, 0.3) is 0 Å². The van der Waals surface area contributed by atoms with Crippen LogP contribution in [0.5, 0.6) is 0 Å². The normalized spacial score (nSPS) is 14.8. The van der Waals surface area contributed by atoms with Crippen molar-refractivity contribution in [3.05, 3.63) is 22.4 Å². The summed E-state index contributed by atoms with van der Waals surface area (Å²) in [5.74, 6) is 0. The molecule has 0 radical (unpaired) electrons. The van der Waals surface area contributed by atoms with Gasteiger partial charge in [-0.1, -0.05) is 13.8 Å². The van der Waals surface area contributed by atoms with Crippen molar-refractivity contribution in [2.75, 3.05) is 13.7 Å². The minimum absolute atomic E-state index is 0.334. The first kappa shape index (κ1) is 14.7. The molecule has 2 nitrogen and oxygen atoms in total. The molecule has 1 rings (SSSR count). The van der Waals surface area contributed by atoms with Crippen LogP contribution < -0.4 is 5.32 Å². The zero-order valence-corrected chi connectivity index (χ0v) is 12.1. The van der Waals surface area contributed by atoms with Gasteiger partial charge in [0.05, 0.1) is 6.10 Å². The van der Waals surface area contributed by atoms with E-state index in [0.717, 1.165) is 25.8 Å². The smallest absolute Gasteiger partial charge is 0.0721 e. The standard InChI is InChI=1S/C14H25NOS/c1-4-9-15-13(14(5-2)16-3)7-6-12-8-10-17-11-12/h8,10-11,13-15H,4-7,9H2,1-3H3. The highest BCUT2D eigenvalue weighted by atomic mass is 32.1. The zero-order valence-electron chi connectivity index (χ0n) is 11.2. The van der Waals surface area contributed by atoms with E-state index in [2.05, 4.69) is 36.0 Å². The molecule has 0 aliphatic rings. The first-order valence-electron chi connectivity index (χ1n) is 6.59. The Morgan fingerprint density at radius 3 is 2.76 bits per heavy atom. The molecule has 1 aromatic rings. The molecule has 1 heterocycles. The van der Waals surface area contributed by atoms with Crippen molar-refractivity contribution >= 4 is 11.3 Å². The Hall–Kier alpha value is -0.380. The lowest BCUT2D eigenvalue weighted by atomic mass is 10.0. The van der Waals surface area contributed by atoms with E-state index in [1.807, 2.05) is 7.11 Å². The van der Waals surface area contributed by atoms with Gasteiger partial charge in [-0.2, -0.15) is 11.3 Å². The minimum Gasteiger partial charge on any atom is -0.380 e. The lowest BCUT2D eigenvalue weighted by molar-refractivity contribution is 0.0626. The molecule has 0 spiro atoms. The molecule has 17 heavy (non-hydrogen) atoms. The predicted molar refractivity (Wildman–Crippen MR) is 75.8 cm³/mol. The van der Waals surface area contributed by atoms with Gasteiger partial charge in [-0.05, 0) is 54.6 Å². The molecule has 1 aromatic heterocycles. The second kappa shape index (κ2) is 8.67. The fourth-order valence-electron chi connectivity index (χ4n) is 2.12. The van der Waals surface area contributed by atoms with E-state index in [1.54, 1.807) is 11.3 Å². The number of aryl methyl sites for hydroxylation is 1. The number of methoxy groups -OCH3 is 1. The Balaban J connectivity index is 2.44. The highest BCUT2D eigenvalue weighted by Crippen LogP contribution is 2.14. The van der Waals surface area contributed by atoms with Crippen LogP contribution >= 0.6 is 11.3 Å². The number of hydrogen-bond donors (Lipinski definition) is 1. The number of nitrogens with one attached hydrogen (secondary N) is 1. The highest BCUT2D eigenvalue weighted by molar-refractivity contribution is 7.07. The monoisotopic (exact) mass is 255 g/mol. The summed E-state index contributed by atoms with van der Waals surface area (Å²) < 4.78 is 5.57. The lowest BCUT2D eigenvalue weighted by Gasteiger charge is -2.26. The Labute approximate surface area is 109 Å². The molecule has 2 unspecified atom stereocenters. The predicted octanol–water partition coefficient (Wildman–Crippen LogP) is 3.47. The van der Waals surface area contributed by atoms with Gasteiger partial charge in [0.25, 0.3) is 0 Å². The lowest BCUT2D eigenvalue weighted by Crippen LogP contribution is -2.41. The quantitative estimate of drug-likeness (QED) is 0.729. The Morgan fingerprint density at radius 2 is 2.24 bits per heavy atom. The summed E-state index contributed by atoms with van der Waals surface area (Å²) in [6, 6.07) is 2.69. The van der Waals surface area contributed by atoms with E-state index in [4.69, 9.17) is 4.74 Å². The second-order valence-electron chi connectivity index (χ2n) is 4.41. The Morgan fingerprint density at radius 1 is 1.41 bits per heavy atom. The van der Waals surface area contributed by atoms with Gasteiger partial charge in [-0.25, -0.2) is 0 Å². The van der Waals surface area contributed by atoms with E-state index in [9.17, 15) is 0 Å². The topological polar surface area (TPSA) is 21.3 Å². The van der Waals surface area contributed by atoms with Crippen molar-refractivity contribution in [3.8, 4) is 0 Å². The first-order chi connectivity index (χ1) is 8.31. The summed E-state index contributed by atoms with van der Waals surface area (Å²) in [6.45, 7) is 5.48. The van der Waals surface area contributed by atoms with Crippen molar-refractivity contribution < 1.29 is 4.74 Å². The maximum atomic E-state index is 5.57. The van der Waals surface area contributed by atoms with E-state index >= 15 is 0 Å². The fraction of sp³-hybridized carbons (Fsp3) is 0.714. The third-order valence-electron chi connectivity index (χ3n) is 3.13. The summed E-state index contributed by atoms with van der Waals surface area (Å²) in [7, 11) is 1.82. The van der Waals surface area contributed by atoms with Gasteiger partial charge in [0.2, 0.25) is 0 Å². The molecule has 0 fully saturated rings. The summed E-state index contributed by atoms with van der Waals surface area (Å²) in [5.41, 5.74) is 1.45. The van der Waals surface area contributed by atoms with Gasteiger partial charge in [0.1, 0.15) is 0 Å². The molecular formula is C14H25NOS. The van der Waals surface area contributed by atoms with E-state index in [1.165, 1.54) is 12.0 Å². The largest absolute Gasteiger partial charge is 0.380 e. The van der Waals surface area contributed by atoms with Crippen molar-refractivity contribution in [3.63, 3.8) is 0 Å². The average molecular weight is 255 g/mol. The van der Waals surface area contributed by atoms with Crippen LogP contribution in [0.15, 0.2) is 16.8 Å². The third-order valence-corrected chi connectivity index (χ3v) is 3.87. The molecule has 3 heteroatoms. The second-order valence-corrected chi connectivity index (χ2v) is 5.19. The average Bonchev–Trinajstić information content (AvgIpc) is 2.86. The third kappa shape index (κ3) is 5.19. The van der Waals surface area contributed by atoms with Crippen LogP contribution in [0.4, 0.5) is 0 Å². The summed E-state index contributed by atoms with van der Waals surface area (Å²) in [6.07, 6.45) is 4.88. The van der Waals surface area contributed by atoms with Crippen LogP contribution in [-0.4, -0.2) is 25.8 Å². The molecule has 98 valence electrons. The van der Waals surface area contributed by atoms with Crippen LogP contribution in [0.3, 0.4) is 0 Å². The molecule has 0 aromatic carbocycles. The Kier molecular flexibility index (Phi) is 7.49. The fourth-order valence-corrected chi connectivity index (χ4v) is 2.82. The van der Waals surface area contributed by atoms with Gasteiger partial charge in [-0.15, -0.1) is 0 Å². The van der Waals surface area contributed by atoms with E-state index in [-0.39, 0.29) is 0 Å². The molecule has 0 aliphatic carbocycles. The summed E-state index contributed by atoms with van der Waals surface area (Å²) in [4.78, 5) is 0. The maximum Gasteiger partial charge on any atom is 0.0721 e. The molecule has 0 aliphatic heterocycles. The molecular weight excluding hydrogens is 230 g/mol. The molecule has 1 N–H and O–H groups in total. The van der Waals surface area contributed by atoms with Gasteiger partial charge in [0, 0.05) is 13.2 Å². The van der Waals surface area contributed by atoms with Crippen molar-refractivity contribution in [1.29, 1.82) is 0 Å². The number of rotatable bonds is 9. The molecule has 0 bridgehead atoms. The minimum atomic E-state index is 0.334. The maximum absolute atomic E-state index is 5.57. The van der Waals surface area contributed by atoms with Gasteiger partial charge in [-0.3, -0.25) is 0 Å². The van der Waals surface area contributed by atoms with Gasteiger partial charge >= 0.3 is 0 Å². The van der Waals surface area contributed by atoms with Crippen LogP contribution in [0.2, 0.25) is 0 Å². The molecule has 0 saturated heterocycles. The molecule has 2 atom stereocenters. The van der Waals surface area contributed by atoms with E-state index in [0.29, 0.717) is 12.1 Å². The highest BCUT2D eigenvalue weighted by Gasteiger charge is 2.18. The SMILES string of the molecule is CCCNC(CCc1ccsc1)C(CC)OC. The molecule has 0 saturated carbocycles. The van der Waals surface area contributed by atoms with Crippen molar-refractivity contribution in [2.24, 2.45) is 0 Å². The number of thiophene rings is 1. The number of ether oxygens (including phenoxy) is 1. The van der Waals surface area contributed by atoms with E-state index < -0.39 is 0 Å². The summed E-state index contributed by atoms with van der Waals surface area (Å²) >= 11 is 1.78. The van der Waals surface area contributed by atoms with Gasteiger partial charge in [0.15, 0.2) is 0 Å².